The molecule has 5 heteroatoms. The monoisotopic (exact) mass is 286 g/mol. The molecular formula is C11H15BrN2O2. The summed E-state index contributed by atoms with van der Waals surface area (Å²) in [6, 6.07) is 5.63. The van der Waals surface area contributed by atoms with Gasteiger partial charge in [-0.25, -0.2) is 0 Å². The number of carbonyl (C=O) groups is 1. The molecule has 0 aliphatic heterocycles. The summed E-state index contributed by atoms with van der Waals surface area (Å²) >= 11 is 3.36. The highest BCUT2D eigenvalue weighted by atomic mass is 79.9. The maximum atomic E-state index is 11.7. The van der Waals surface area contributed by atoms with Gasteiger partial charge in [-0.1, -0.05) is 15.9 Å². The molecule has 0 saturated heterocycles. The molecule has 0 aliphatic carbocycles. The smallest absolute Gasteiger partial charge is 0.254 e. The third-order valence-electron chi connectivity index (χ3n) is 2.24. The molecule has 4 nitrogen and oxygen atoms in total. The first-order chi connectivity index (χ1) is 7.58. The van der Waals surface area contributed by atoms with E-state index in [1.807, 2.05) is 25.1 Å². The molecule has 1 atom stereocenters. The number of methoxy groups -OCH3 is 1. The van der Waals surface area contributed by atoms with Crippen LogP contribution in [0.25, 0.3) is 0 Å². The van der Waals surface area contributed by atoms with Gasteiger partial charge in [0.1, 0.15) is 6.10 Å². The summed E-state index contributed by atoms with van der Waals surface area (Å²) in [6.07, 6.45) is -0.608. The van der Waals surface area contributed by atoms with E-state index in [1.165, 1.54) is 7.11 Å². The van der Waals surface area contributed by atoms with Gasteiger partial charge in [0, 0.05) is 23.8 Å². The van der Waals surface area contributed by atoms with E-state index in [9.17, 15) is 4.79 Å². The third-order valence-corrected chi connectivity index (χ3v) is 2.73. The molecule has 0 fully saturated rings. The van der Waals surface area contributed by atoms with Crippen LogP contribution < -0.4 is 11.1 Å². The van der Waals surface area contributed by atoms with E-state index in [0.29, 0.717) is 0 Å². The van der Waals surface area contributed by atoms with Gasteiger partial charge >= 0.3 is 0 Å². The van der Waals surface area contributed by atoms with Crippen LogP contribution in [0.3, 0.4) is 0 Å². The molecule has 0 heterocycles. The van der Waals surface area contributed by atoms with Crippen LogP contribution in [-0.2, 0) is 9.53 Å². The molecule has 1 rings (SSSR count). The Morgan fingerprint density at radius 2 is 2.31 bits per heavy atom. The largest absolute Gasteiger partial charge is 0.370 e. The third kappa shape index (κ3) is 3.30. The van der Waals surface area contributed by atoms with Crippen LogP contribution in [0.4, 0.5) is 5.69 Å². The zero-order valence-electron chi connectivity index (χ0n) is 9.29. The number of anilines is 1. The Bertz CT molecular complexity index is 378. The summed E-state index contributed by atoms with van der Waals surface area (Å²) in [4.78, 5) is 11.7. The average molecular weight is 287 g/mol. The lowest BCUT2D eigenvalue weighted by Crippen LogP contribution is -2.36. The Morgan fingerprint density at radius 3 is 2.81 bits per heavy atom. The highest BCUT2D eigenvalue weighted by molar-refractivity contribution is 9.10. The van der Waals surface area contributed by atoms with Crippen molar-refractivity contribution in [3.63, 3.8) is 0 Å². The lowest BCUT2D eigenvalue weighted by molar-refractivity contribution is -0.125. The van der Waals surface area contributed by atoms with Crippen molar-refractivity contribution >= 4 is 27.5 Å². The Morgan fingerprint density at radius 1 is 1.62 bits per heavy atom. The zero-order chi connectivity index (χ0) is 12.1. The predicted molar refractivity (Wildman–Crippen MR) is 67.4 cm³/mol. The van der Waals surface area contributed by atoms with Crippen molar-refractivity contribution in [1.82, 2.24) is 0 Å². The number of carbonyl (C=O) groups excluding carboxylic acids is 1. The van der Waals surface area contributed by atoms with Crippen molar-refractivity contribution in [3.05, 3.63) is 28.2 Å². The fraction of sp³-hybridized carbons (Fsp3) is 0.364. The van der Waals surface area contributed by atoms with E-state index >= 15 is 0 Å². The molecule has 0 spiro atoms. The molecule has 1 aromatic carbocycles. The van der Waals surface area contributed by atoms with Gasteiger partial charge in [-0.05, 0) is 30.7 Å². The molecule has 3 N–H and O–H groups in total. The number of nitrogens with one attached hydrogen (secondary N) is 1. The van der Waals surface area contributed by atoms with Gasteiger partial charge in [-0.2, -0.15) is 0 Å². The number of nitrogens with two attached hydrogens (primary N) is 1. The van der Waals surface area contributed by atoms with Crippen LogP contribution >= 0.6 is 15.9 Å². The van der Waals surface area contributed by atoms with Crippen molar-refractivity contribution in [1.29, 1.82) is 0 Å². The molecule has 1 unspecified atom stereocenters. The van der Waals surface area contributed by atoms with E-state index in [1.54, 1.807) is 0 Å². The SMILES string of the molecule is COC(CN)C(=O)Nc1ccc(Br)cc1C. The standard InChI is InChI=1S/C11H15BrN2O2/c1-7-5-8(12)3-4-9(7)14-11(15)10(6-13)16-2/h3-5,10H,6,13H2,1-2H3,(H,14,15). The highest BCUT2D eigenvalue weighted by Crippen LogP contribution is 2.20. The highest BCUT2D eigenvalue weighted by Gasteiger charge is 2.16. The van der Waals surface area contributed by atoms with Crippen molar-refractivity contribution in [2.45, 2.75) is 13.0 Å². The van der Waals surface area contributed by atoms with Gasteiger partial charge in [0.2, 0.25) is 0 Å². The van der Waals surface area contributed by atoms with E-state index in [-0.39, 0.29) is 12.5 Å². The average Bonchev–Trinajstić information content (AvgIpc) is 2.24. The number of hydrogen-bond donors (Lipinski definition) is 2. The fourth-order valence-electron chi connectivity index (χ4n) is 1.29. The summed E-state index contributed by atoms with van der Waals surface area (Å²) in [5.74, 6) is -0.226. The Kier molecular flexibility index (Phi) is 4.92. The lowest BCUT2D eigenvalue weighted by Gasteiger charge is -2.14. The van der Waals surface area contributed by atoms with Gasteiger partial charge in [0.15, 0.2) is 0 Å². The van der Waals surface area contributed by atoms with Gasteiger partial charge in [0.05, 0.1) is 0 Å². The summed E-state index contributed by atoms with van der Waals surface area (Å²) < 4.78 is 5.93. The summed E-state index contributed by atoms with van der Waals surface area (Å²) in [7, 11) is 1.46. The molecule has 0 aliphatic rings. The molecule has 1 aromatic rings. The normalized spacial score (nSPS) is 12.2. The Labute approximate surface area is 103 Å². The first-order valence-electron chi connectivity index (χ1n) is 4.88. The summed E-state index contributed by atoms with van der Waals surface area (Å²) in [5, 5.41) is 2.77. The minimum absolute atomic E-state index is 0.165. The van der Waals surface area contributed by atoms with Crippen LogP contribution in [-0.4, -0.2) is 25.7 Å². The molecule has 1 amide bonds. The van der Waals surface area contributed by atoms with Gasteiger partial charge < -0.3 is 15.8 Å². The van der Waals surface area contributed by atoms with Gasteiger partial charge in [-0.15, -0.1) is 0 Å². The molecule has 88 valence electrons. The van der Waals surface area contributed by atoms with Crippen LogP contribution in [0.5, 0.6) is 0 Å². The van der Waals surface area contributed by atoms with Crippen molar-refractivity contribution in [2.24, 2.45) is 5.73 Å². The zero-order valence-corrected chi connectivity index (χ0v) is 10.9. The van der Waals surface area contributed by atoms with E-state index in [4.69, 9.17) is 10.5 Å². The minimum atomic E-state index is -0.608. The number of amides is 1. The fourth-order valence-corrected chi connectivity index (χ4v) is 1.77. The molecular weight excluding hydrogens is 272 g/mol. The Hall–Kier alpha value is -0.910. The van der Waals surface area contributed by atoms with E-state index in [2.05, 4.69) is 21.2 Å². The number of ether oxygens (including phenoxy) is 1. The van der Waals surface area contributed by atoms with E-state index < -0.39 is 6.10 Å². The van der Waals surface area contributed by atoms with Crippen LogP contribution in [0.1, 0.15) is 5.56 Å². The Balaban J connectivity index is 2.76. The summed E-state index contributed by atoms with van der Waals surface area (Å²) in [5.41, 5.74) is 7.16. The van der Waals surface area contributed by atoms with Gasteiger partial charge in [-0.3, -0.25) is 4.79 Å². The maximum absolute atomic E-state index is 11.7. The second-order valence-corrected chi connectivity index (χ2v) is 4.32. The lowest BCUT2D eigenvalue weighted by atomic mass is 10.2. The number of aryl methyl sites for hydroxylation is 1. The van der Waals surface area contributed by atoms with Crippen molar-refractivity contribution in [3.8, 4) is 0 Å². The quantitative estimate of drug-likeness (QED) is 0.885. The van der Waals surface area contributed by atoms with Crippen molar-refractivity contribution in [2.75, 3.05) is 19.0 Å². The maximum Gasteiger partial charge on any atom is 0.254 e. The number of hydrogen-bond acceptors (Lipinski definition) is 3. The first kappa shape index (κ1) is 13.2. The number of rotatable bonds is 4. The van der Waals surface area contributed by atoms with Crippen molar-refractivity contribution < 1.29 is 9.53 Å². The summed E-state index contributed by atoms with van der Waals surface area (Å²) in [6.45, 7) is 2.09. The predicted octanol–water partition coefficient (Wildman–Crippen LogP) is 1.67. The first-order valence-corrected chi connectivity index (χ1v) is 5.67. The second kappa shape index (κ2) is 5.98. The number of benzene rings is 1. The van der Waals surface area contributed by atoms with Crippen LogP contribution in [0, 0.1) is 6.92 Å². The molecule has 0 saturated carbocycles. The van der Waals surface area contributed by atoms with Crippen LogP contribution in [0.15, 0.2) is 22.7 Å². The molecule has 0 aromatic heterocycles. The molecule has 0 radical (unpaired) electrons. The van der Waals surface area contributed by atoms with Crippen LogP contribution in [0.2, 0.25) is 0 Å². The second-order valence-electron chi connectivity index (χ2n) is 3.41. The molecule has 16 heavy (non-hydrogen) atoms. The number of halogens is 1. The van der Waals surface area contributed by atoms with Gasteiger partial charge in [0.25, 0.3) is 5.91 Å². The van der Waals surface area contributed by atoms with E-state index in [0.717, 1.165) is 15.7 Å². The minimum Gasteiger partial charge on any atom is -0.370 e. The topological polar surface area (TPSA) is 64.3 Å². The molecule has 0 bridgehead atoms.